The van der Waals surface area contributed by atoms with Crippen LogP contribution in [0.25, 0.3) is 0 Å². The van der Waals surface area contributed by atoms with Crippen LogP contribution in [0.3, 0.4) is 0 Å². The Morgan fingerprint density at radius 2 is 1.89 bits per heavy atom. The maximum atomic E-state index is 12.5. The first-order chi connectivity index (χ1) is 18.2. The fraction of sp³-hybridized carbons (Fsp3) is 0.360. The van der Waals surface area contributed by atoms with Gasteiger partial charge in [0.15, 0.2) is 13.0 Å². The van der Waals surface area contributed by atoms with Crippen molar-refractivity contribution in [1.82, 2.24) is 14.5 Å². The third-order valence-corrected chi connectivity index (χ3v) is 7.80. The van der Waals surface area contributed by atoms with E-state index < -0.39 is 13.9 Å². The number of aromatic nitrogens is 3. The molecule has 8 nitrogen and oxygen atoms in total. The molecule has 0 fully saturated rings. The summed E-state index contributed by atoms with van der Waals surface area (Å²) in [6, 6.07) is 9.26. The minimum absolute atomic E-state index is 0.0223. The Morgan fingerprint density at radius 1 is 1.18 bits per heavy atom. The first-order valence-electron chi connectivity index (χ1n) is 11.6. The van der Waals surface area contributed by atoms with Gasteiger partial charge in [0.2, 0.25) is 0 Å². The molecule has 0 saturated heterocycles. The van der Waals surface area contributed by atoms with Gasteiger partial charge in [-0.15, -0.1) is 4.73 Å². The summed E-state index contributed by atoms with van der Waals surface area (Å²) in [5.74, 6) is 3.43. The fourth-order valence-electron chi connectivity index (χ4n) is 3.29. The second-order valence-electron chi connectivity index (χ2n) is 8.16. The van der Waals surface area contributed by atoms with Crippen LogP contribution >= 0.6 is 42.6 Å². The lowest BCUT2D eigenvalue weighted by Crippen LogP contribution is -2.07. The molecular formula is C25H27Cl2FN3O5PS. The number of halogens is 3. The Balaban J connectivity index is 1.80. The van der Waals surface area contributed by atoms with Gasteiger partial charge in [-0.3, -0.25) is 9.55 Å². The largest absolute Gasteiger partial charge is 0.438 e. The van der Waals surface area contributed by atoms with Crippen molar-refractivity contribution < 1.29 is 27.8 Å². The van der Waals surface area contributed by atoms with Gasteiger partial charge in [-0.05, 0) is 59.2 Å². The zero-order valence-corrected chi connectivity index (χ0v) is 24.2. The molecule has 0 bridgehead atoms. The molecule has 0 N–H and O–H groups in total. The van der Waals surface area contributed by atoms with Crippen molar-refractivity contribution in [3.05, 3.63) is 69.9 Å². The van der Waals surface area contributed by atoms with Crippen molar-refractivity contribution in [2.75, 3.05) is 19.6 Å². The highest BCUT2D eigenvalue weighted by Crippen LogP contribution is 2.48. The average molecular weight is 602 g/mol. The van der Waals surface area contributed by atoms with Crippen LogP contribution in [0.1, 0.15) is 43.8 Å². The van der Waals surface area contributed by atoms with Crippen LogP contribution in [0.15, 0.2) is 52.6 Å². The molecule has 204 valence electrons. The van der Waals surface area contributed by atoms with Gasteiger partial charge < -0.3 is 18.6 Å². The number of hydrogen-bond acceptors (Lipinski definition) is 8. The van der Waals surface area contributed by atoms with Gasteiger partial charge in [-0.2, -0.15) is 0 Å². The topological polar surface area (TPSA) is 84.7 Å². The molecule has 38 heavy (non-hydrogen) atoms. The quantitative estimate of drug-likeness (QED) is 0.113. The summed E-state index contributed by atoms with van der Waals surface area (Å²) in [6.07, 6.45) is 5.45. The average Bonchev–Trinajstić information content (AvgIpc) is 3.20. The Kier molecular flexibility index (Phi) is 11.9. The molecular weight excluding hydrogens is 575 g/mol. The normalized spacial score (nSPS) is 12.7. The fourth-order valence-corrected chi connectivity index (χ4v) is 6.07. The van der Waals surface area contributed by atoms with Gasteiger partial charge in [0.25, 0.3) is 0 Å². The molecule has 3 rings (SSSR count). The third kappa shape index (κ3) is 8.99. The van der Waals surface area contributed by atoms with Crippen molar-refractivity contribution in [2.24, 2.45) is 0 Å². The lowest BCUT2D eigenvalue weighted by molar-refractivity contribution is -0.0333. The minimum atomic E-state index is -3.93. The van der Waals surface area contributed by atoms with Crippen molar-refractivity contribution in [1.29, 1.82) is 0 Å². The number of benzene rings is 1. The van der Waals surface area contributed by atoms with Crippen LogP contribution in [0.5, 0.6) is 0 Å². The Morgan fingerprint density at radius 3 is 2.53 bits per heavy atom. The minimum Gasteiger partial charge on any atom is -0.438 e. The second-order valence-corrected chi connectivity index (χ2v) is 12.0. The zero-order chi connectivity index (χ0) is 27.5. The number of pyridine rings is 1. The molecule has 0 amide bonds. The molecule has 0 radical (unpaired) electrons. The van der Waals surface area contributed by atoms with E-state index in [4.69, 9.17) is 42.2 Å². The number of ether oxygens (including phenoxy) is 2. The molecule has 2 aromatic heterocycles. The predicted molar refractivity (Wildman–Crippen MR) is 145 cm³/mol. The van der Waals surface area contributed by atoms with Gasteiger partial charge in [-0.25, -0.2) is 4.98 Å². The highest BCUT2D eigenvalue weighted by atomic mass is 35.5. The van der Waals surface area contributed by atoms with Crippen molar-refractivity contribution >= 4 is 42.6 Å². The maximum absolute atomic E-state index is 12.5. The van der Waals surface area contributed by atoms with E-state index in [1.807, 2.05) is 24.3 Å². The highest BCUT2D eigenvalue weighted by molar-refractivity contribution is 7.99. The third-order valence-electron chi connectivity index (χ3n) is 4.91. The molecule has 13 heteroatoms. The maximum Gasteiger partial charge on any atom is 0.388 e. The summed E-state index contributed by atoms with van der Waals surface area (Å²) in [6.45, 7) is 6.20. The van der Waals surface area contributed by atoms with E-state index in [1.54, 1.807) is 25.4 Å². The van der Waals surface area contributed by atoms with E-state index in [1.165, 1.54) is 11.8 Å². The van der Waals surface area contributed by atoms with Gasteiger partial charge in [-0.1, -0.05) is 48.8 Å². The van der Waals surface area contributed by atoms with Crippen LogP contribution in [0.4, 0.5) is 4.53 Å². The van der Waals surface area contributed by atoms with E-state index in [0.717, 1.165) is 21.2 Å². The molecule has 1 aromatic carbocycles. The number of imidazole rings is 1. The Hall–Kier alpha value is -2.09. The van der Waals surface area contributed by atoms with Gasteiger partial charge in [0, 0.05) is 27.3 Å². The summed E-state index contributed by atoms with van der Waals surface area (Å²) < 4.78 is 45.1. The summed E-state index contributed by atoms with van der Waals surface area (Å²) in [5, 5.41) is 2.02. The molecule has 3 aromatic rings. The number of hydrogen-bond donors (Lipinski definition) is 0. The predicted octanol–water partition coefficient (Wildman–Crippen LogP) is 7.49. The van der Waals surface area contributed by atoms with Gasteiger partial charge in [0.1, 0.15) is 23.6 Å². The molecule has 0 aliphatic heterocycles. The monoisotopic (exact) mass is 601 g/mol. The highest BCUT2D eigenvalue weighted by Gasteiger charge is 2.25. The van der Waals surface area contributed by atoms with Crippen LogP contribution in [0, 0.1) is 12.0 Å². The SMILES string of the molecule is CCOP(=O)(COCC#COCc1nc(C(C)C)c(Sc2cc(Cl)cc(Cl)c2)n1Cc1ccncc1)OF. The van der Waals surface area contributed by atoms with Gasteiger partial charge in [0.05, 0.1) is 18.8 Å². The molecule has 0 spiro atoms. The smallest absolute Gasteiger partial charge is 0.388 e. The van der Waals surface area contributed by atoms with E-state index in [9.17, 15) is 9.09 Å². The Bertz CT molecular complexity index is 1300. The van der Waals surface area contributed by atoms with E-state index in [2.05, 4.69) is 40.2 Å². The lowest BCUT2D eigenvalue weighted by atomic mass is 10.1. The van der Waals surface area contributed by atoms with Crippen LogP contribution in [0.2, 0.25) is 10.0 Å². The lowest BCUT2D eigenvalue weighted by Gasteiger charge is -2.13. The first kappa shape index (κ1) is 30.5. The summed E-state index contributed by atoms with van der Waals surface area (Å²) >= 11 is 14.0. The molecule has 2 heterocycles. The van der Waals surface area contributed by atoms with Crippen LogP contribution in [-0.2, 0) is 36.4 Å². The molecule has 1 atom stereocenters. The van der Waals surface area contributed by atoms with Crippen LogP contribution in [-0.4, -0.2) is 34.1 Å². The van der Waals surface area contributed by atoms with Crippen LogP contribution < -0.4 is 0 Å². The van der Waals surface area contributed by atoms with Crippen molar-refractivity contribution in [3.63, 3.8) is 0 Å². The second kappa shape index (κ2) is 14.9. The first-order valence-corrected chi connectivity index (χ1v) is 14.9. The molecule has 0 aliphatic carbocycles. The van der Waals surface area contributed by atoms with E-state index in [0.29, 0.717) is 22.4 Å². The van der Waals surface area contributed by atoms with E-state index >= 15 is 0 Å². The van der Waals surface area contributed by atoms with Gasteiger partial charge >= 0.3 is 7.60 Å². The van der Waals surface area contributed by atoms with Crippen molar-refractivity contribution in [2.45, 2.75) is 49.8 Å². The zero-order valence-electron chi connectivity index (χ0n) is 21.0. The summed E-state index contributed by atoms with van der Waals surface area (Å²) in [5.41, 5.74) is 1.93. The Labute approximate surface area is 235 Å². The molecule has 0 saturated carbocycles. The number of rotatable bonds is 13. The number of nitrogens with zero attached hydrogens (tertiary/aromatic N) is 3. The van der Waals surface area contributed by atoms with E-state index in [-0.39, 0.29) is 25.7 Å². The molecule has 0 aliphatic rings. The van der Waals surface area contributed by atoms with Crippen molar-refractivity contribution in [3.8, 4) is 12.0 Å². The standard InChI is InChI=1S/C25H27Cl2FN3O5PS/c1-4-35-37(32,36-28)17-34-11-5-10-33-16-23-30-24(18(2)3)25(31(23)15-19-6-8-29-9-7-19)38-22-13-20(26)12-21(27)14-22/h6-9,12-14,18H,4,11,15-17H2,1-3H3. The molecule has 1 unspecified atom stereocenters. The summed E-state index contributed by atoms with van der Waals surface area (Å²) in [4.78, 5) is 9.85. The summed E-state index contributed by atoms with van der Waals surface area (Å²) in [7, 11) is -3.93.